The summed E-state index contributed by atoms with van der Waals surface area (Å²) in [6, 6.07) is 2.34. The van der Waals surface area contributed by atoms with E-state index in [1.54, 1.807) is 0 Å². The lowest BCUT2D eigenvalue weighted by Crippen LogP contribution is -2.37. The predicted octanol–water partition coefficient (Wildman–Crippen LogP) is 2.66. The zero-order chi connectivity index (χ0) is 13.3. The SMILES string of the molecule is CC1(Nc2cc(Br)c(F)cc2[N+](=O)[O-])CCNC1. The summed E-state index contributed by atoms with van der Waals surface area (Å²) in [6.45, 7) is 3.56. The molecule has 98 valence electrons. The van der Waals surface area contributed by atoms with Crippen LogP contribution < -0.4 is 10.6 Å². The fourth-order valence-corrected chi connectivity index (χ4v) is 2.38. The summed E-state index contributed by atoms with van der Waals surface area (Å²) in [7, 11) is 0. The number of anilines is 1. The van der Waals surface area contributed by atoms with E-state index in [-0.39, 0.29) is 15.7 Å². The highest BCUT2D eigenvalue weighted by atomic mass is 79.9. The quantitative estimate of drug-likeness (QED) is 0.664. The van der Waals surface area contributed by atoms with Crippen LogP contribution >= 0.6 is 15.9 Å². The molecule has 0 radical (unpaired) electrons. The largest absolute Gasteiger partial charge is 0.373 e. The third-order valence-electron chi connectivity index (χ3n) is 3.04. The highest BCUT2D eigenvalue weighted by Gasteiger charge is 2.31. The topological polar surface area (TPSA) is 67.2 Å². The molecule has 7 heteroatoms. The van der Waals surface area contributed by atoms with Crippen molar-refractivity contribution in [3.8, 4) is 0 Å². The fourth-order valence-electron chi connectivity index (χ4n) is 2.04. The average Bonchev–Trinajstić information content (AvgIpc) is 2.69. The van der Waals surface area contributed by atoms with Gasteiger partial charge in [-0.2, -0.15) is 0 Å². The first kappa shape index (κ1) is 13.2. The van der Waals surface area contributed by atoms with Crippen LogP contribution in [0.25, 0.3) is 0 Å². The lowest BCUT2D eigenvalue weighted by molar-refractivity contribution is -0.384. The summed E-state index contributed by atoms with van der Waals surface area (Å²) in [5.74, 6) is -0.637. The summed E-state index contributed by atoms with van der Waals surface area (Å²) in [6.07, 6.45) is 0.860. The van der Waals surface area contributed by atoms with Gasteiger partial charge in [0, 0.05) is 12.1 Å². The number of nitrogens with one attached hydrogen (secondary N) is 2. The van der Waals surface area contributed by atoms with E-state index in [4.69, 9.17) is 0 Å². The number of nitro groups is 1. The predicted molar refractivity (Wildman–Crippen MR) is 70.3 cm³/mol. The first-order chi connectivity index (χ1) is 8.41. The second-order valence-corrected chi connectivity index (χ2v) is 5.51. The van der Waals surface area contributed by atoms with Crippen molar-refractivity contribution in [2.45, 2.75) is 18.9 Å². The van der Waals surface area contributed by atoms with E-state index in [0.717, 1.165) is 25.6 Å². The first-order valence-electron chi connectivity index (χ1n) is 5.54. The van der Waals surface area contributed by atoms with Crippen LogP contribution in [-0.4, -0.2) is 23.6 Å². The molecule has 18 heavy (non-hydrogen) atoms. The van der Waals surface area contributed by atoms with Crippen molar-refractivity contribution in [3.05, 3.63) is 32.5 Å². The first-order valence-corrected chi connectivity index (χ1v) is 6.33. The average molecular weight is 318 g/mol. The Balaban J connectivity index is 2.36. The molecule has 1 aliphatic rings. The fraction of sp³-hybridized carbons (Fsp3) is 0.455. The van der Waals surface area contributed by atoms with Crippen LogP contribution in [0.1, 0.15) is 13.3 Å². The minimum atomic E-state index is -0.637. The number of benzene rings is 1. The van der Waals surface area contributed by atoms with Gasteiger partial charge in [0.05, 0.1) is 15.5 Å². The van der Waals surface area contributed by atoms with E-state index in [2.05, 4.69) is 26.6 Å². The van der Waals surface area contributed by atoms with Gasteiger partial charge < -0.3 is 10.6 Å². The lowest BCUT2D eigenvalue weighted by atomic mass is 10.0. The molecule has 2 N–H and O–H groups in total. The molecule has 1 saturated heterocycles. The van der Waals surface area contributed by atoms with Crippen LogP contribution in [0.15, 0.2) is 16.6 Å². The number of hydrogen-bond donors (Lipinski definition) is 2. The van der Waals surface area contributed by atoms with E-state index in [1.807, 2.05) is 6.92 Å². The highest BCUT2D eigenvalue weighted by molar-refractivity contribution is 9.10. The Morgan fingerprint density at radius 2 is 2.33 bits per heavy atom. The van der Waals surface area contributed by atoms with Gasteiger partial charge in [0.1, 0.15) is 11.5 Å². The van der Waals surface area contributed by atoms with Crippen molar-refractivity contribution in [1.82, 2.24) is 5.32 Å². The Morgan fingerprint density at radius 1 is 1.61 bits per heavy atom. The molecule has 1 aliphatic heterocycles. The van der Waals surface area contributed by atoms with Gasteiger partial charge in [0.2, 0.25) is 0 Å². The van der Waals surface area contributed by atoms with Gasteiger partial charge in [-0.3, -0.25) is 10.1 Å². The Bertz CT molecular complexity index is 489. The van der Waals surface area contributed by atoms with Crippen molar-refractivity contribution in [2.75, 3.05) is 18.4 Å². The third-order valence-corrected chi connectivity index (χ3v) is 3.65. The highest BCUT2D eigenvalue weighted by Crippen LogP contribution is 2.33. The minimum Gasteiger partial charge on any atom is -0.373 e. The zero-order valence-corrected chi connectivity index (χ0v) is 11.4. The second-order valence-electron chi connectivity index (χ2n) is 4.65. The Hall–Kier alpha value is -1.21. The van der Waals surface area contributed by atoms with E-state index in [9.17, 15) is 14.5 Å². The maximum absolute atomic E-state index is 13.3. The summed E-state index contributed by atoms with van der Waals surface area (Å²) in [5, 5.41) is 17.3. The number of nitro benzene ring substituents is 1. The molecular weight excluding hydrogens is 305 g/mol. The van der Waals surface area contributed by atoms with Gasteiger partial charge >= 0.3 is 0 Å². The van der Waals surface area contributed by atoms with Crippen LogP contribution in [0.3, 0.4) is 0 Å². The number of halogens is 2. The van der Waals surface area contributed by atoms with Crippen molar-refractivity contribution < 1.29 is 9.31 Å². The molecule has 1 heterocycles. The standard InChI is InChI=1S/C11H13BrFN3O2/c1-11(2-3-14-6-11)15-9-4-7(12)8(13)5-10(9)16(17)18/h4-5,14-15H,2-3,6H2,1H3. The molecule has 0 aliphatic carbocycles. The van der Waals surface area contributed by atoms with Gasteiger partial charge in [-0.1, -0.05) is 0 Å². The lowest BCUT2D eigenvalue weighted by Gasteiger charge is -2.25. The van der Waals surface area contributed by atoms with Gasteiger partial charge in [-0.15, -0.1) is 0 Å². The summed E-state index contributed by atoms with van der Waals surface area (Å²) in [5.41, 5.74) is -0.162. The molecule has 5 nitrogen and oxygen atoms in total. The van der Waals surface area contributed by atoms with Crippen LogP contribution in [-0.2, 0) is 0 Å². The molecule has 1 unspecified atom stereocenters. The van der Waals surface area contributed by atoms with Crippen molar-refractivity contribution in [2.24, 2.45) is 0 Å². The van der Waals surface area contributed by atoms with Crippen molar-refractivity contribution in [1.29, 1.82) is 0 Å². The molecule has 1 fully saturated rings. The molecule has 1 aromatic rings. The van der Waals surface area contributed by atoms with Crippen LogP contribution in [0, 0.1) is 15.9 Å². The van der Waals surface area contributed by atoms with E-state index in [0.29, 0.717) is 5.69 Å². The Kier molecular flexibility index (Phi) is 3.54. The molecule has 2 rings (SSSR count). The minimum absolute atomic E-state index is 0.213. The molecule has 0 saturated carbocycles. The van der Waals surface area contributed by atoms with Crippen LogP contribution in [0.2, 0.25) is 0 Å². The van der Waals surface area contributed by atoms with Crippen LogP contribution in [0.4, 0.5) is 15.8 Å². The van der Waals surface area contributed by atoms with Crippen LogP contribution in [0.5, 0.6) is 0 Å². The molecular formula is C11H13BrFN3O2. The number of hydrogen-bond acceptors (Lipinski definition) is 4. The third kappa shape index (κ3) is 2.62. The second kappa shape index (κ2) is 4.81. The molecule has 1 atom stereocenters. The Labute approximate surface area is 112 Å². The molecule has 0 bridgehead atoms. The van der Waals surface area contributed by atoms with Crippen molar-refractivity contribution in [3.63, 3.8) is 0 Å². The van der Waals surface area contributed by atoms with E-state index < -0.39 is 10.7 Å². The maximum atomic E-state index is 13.3. The van der Waals surface area contributed by atoms with Crippen molar-refractivity contribution >= 4 is 27.3 Å². The molecule has 1 aromatic carbocycles. The van der Waals surface area contributed by atoms with Gasteiger partial charge in [0.15, 0.2) is 0 Å². The molecule has 0 amide bonds. The number of rotatable bonds is 3. The summed E-state index contributed by atoms with van der Waals surface area (Å²) in [4.78, 5) is 10.4. The Morgan fingerprint density at radius 3 is 2.89 bits per heavy atom. The van der Waals surface area contributed by atoms with Gasteiger partial charge in [0.25, 0.3) is 5.69 Å². The van der Waals surface area contributed by atoms with E-state index in [1.165, 1.54) is 6.07 Å². The van der Waals surface area contributed by atoms with Gasteiger partial charge in [-0.05, 0) is 41.9 Å². The zero-order valence-electron chi connectivity index (χ0n) is 9.80. The van der Waals surface area contributed by atoms with E-state index >= 15 is 0 Å². The molecule has 0 spiro atoms. The summed E-state index contributed by atoms with van der Waals surface area (Å²) < 4.78 is 13.6. The normalized spacial score (nSPS) is 23.1. The monoisotopic (exact) mass is 317 g/mol. The van der Waals surface area contributed by atoms with Gasteiger partial charge in [-0.25, -0.2) is 4.39 Å². The molecule has 0 aromatic heterocycles. The number of nitrogens with zero attached hydrogens (tertiary/aromatic N) is 1. The smallest absolute Gasteiger partial charge is 0.295 e. The summed E-state index contributed by atoms with van der Waals surface area (Å²) >= 11 is 3.04. The maximum Gasteiger partial charge on any atom is 0.295 e.